The topological polar surface area (TPSA) is 67.4 Å². The van der Waals surface area contributed by atoms with Crippen LogP contribution in [-0.4, -0.2) is 25.1 Å². The van der Waals surface area contributed by atoms with Gasteiger partial charge in [0.25, 0.3) is 0 Å². The number of alkyl halides is 3. The minimum absolute atomic E-state index is 0.260. The lowest BCUT2D eigenvalue weighted by Gasteiger charge is -2.08. The lowest BCUT2D eigenvalue weighted by atomic mass is 10.2. The summed E-state index contributed by atoms with van der Waals surface area (Å²) in [4.78, 5) is 22.7. The molecule has 0 aliphatic heterocycles. The predicted octanol–water partition coefficient (Wildman–Crippen LogP) is 3.53. The number of ether oxygens (including phenoxy) is 1. The largest absolute Gasteiger partial charge is 0.497 e. The van der Waals surface area contributed by atoms with E-state index in [9.17, 15) is 22.8 Å². The fourth-order valence-corrected chi connectivity index (χ4v) is 2.06. The summed E-state index contributed by atoms with van der Waals surface area (Å²) in [6.07, 6.45) is -1.92. The monoisotopic (exact) mass is 378 g/mol. The van der Waals surface area contributed by atoms with Crippen LogP contribution in [0.1, 0.15) is 11.1 Å². The minimum Gasteiger partial charge on any atom is -0.497 e. The van der Waals surface area contributed by atoms with E-state index in [1.54, 1.807) is 42.8 Å². The maximum Gasteiger partial charge on any atom is 0.471 e. The maximum atomic E-state index is 12.1. The molecule has 0 bridgehead atoms. The van der Waals surface area contributed by atoms with E-state index in [1.165, 1.54) is 30.3 Å². The van der Waals surface area contributed by atoms with Crippen LogP contribution in [0.15, 0.2) is 54.6 Å². The van der Waals surface area contributed by atoms with Gasteiger partial charge < -0.3 is 15.4 Å². The molecule has 0 spiro atoms. The van der Waals surface area contributed by atoms with Gasteiger partial charge >= 0.3 is 12.1 Å². The molecule has 2 rings (SSSR count). The number of hydrogen-bond acceptors (Lipinski definition) is 3. The number of nitrogens with one attached hydrogen (secondary N) is 2. The fraction of sp³-hybridized carbons (Fsp3) is 0.158. The Bertz CT molecular complexity index is 814. The first-order chi connectivity index (χ1) is 12.8. The van der Waals surface area contributed by atoms with Gasteiger partial charge in [0.2, 0.25) is 5.91 Å². The molecule has 0 heterocycles. The Balaban J connectivity index is 1.86. The van der Waals surface area contributed by atoms with Crippen molar-refractivity contribution in [2.45, 2.75) is 12.7 Å². The van der Waals surface area contributed by atoms with E-state index in [-0.39, 0.29) is 12.5 Å². The van der Waals surface area contributed by atoms with Crippen molar-refractivity contribution < 1.29 is 27.5 Å². The molecular formula is C19H17F3N2O3. The third-order valence-electron chi connectivity index (χ3n) is 3.47. The summed E-state index contributed by atoms with van der Waals surface area (Å²) in [5.74, 6) is -1.64. The van der Waals surface area contributed by atoms with Crippen molar-refractivity contribution in [3.05, 3.63) is 65.7 Å². The molecule has 5 nitrogen and oxygen atoms in total. The summed E-state index contributed by atoms with van der Waals surface area (Å²) in [6.45, 7) is -0.260. The van der Waals surface area contributed by atoms with Crippen LogP contribution in [0.25, 0.3) is 6.08 Å². The van der Waals surface area contributed by atoms with Crippen molar-refractivity contribution in [3.63, 3.8) is 0 Å². The number of rotatable bonds is 6. The second-order valence-electron chi connectivity index (χ2n) is 5.47. The second kappa shape index (κ2) is 8.88. The molecule has 0 fully saturated rings. The molecule has 2 N–H and O–H groups in total. The SMILES string of the molecule is COc1ccc(/C=C/C(=O)Nc2ccc(CNC(=O)C(F)(F)F)cc2)cc1. The third kappa shape index (κ3) is 6.50. The molecule has 27 heavy (non-hydrogen) atoms. The molecular weight excluding hydrogens is 361 g/mol. The maximum absolute atomic E-state index is 12.1. The Morgan fingerprint density at radius 3 is 2.22 bits per heavy atom. The minimum atomic E-state index is -4.91. The average molecular weight is 378 g/mol. The van der Waals surface area contributed by atoms with Crippen LogP contribution in [0.4, 0.5) is 18.9 Å². The number of halogens is 3. The highest BCUT2D eigenvalue weighted by Gasteiger charge is 2.38. The van der Waals surface area contributed by atoms with Crippen molar-refractivity contribution >= 4 is 23.6 Å². The standard InChI is InChI=1S/C19H17F3N2O3/c1-27-16-9-4-13(5-10-16)6-11-17(25)24-15-7-2-14(3-8-15)12-23-18(26)19(20,21)22/h2-11H,12H2,1H3,(H,23,26)(H,24,25)/b11-6+. The molecule has 2 aromatic rings. The van der Waals surface area contributed by atoms with Gasteiger partial charge in [0, 0.05) is 18.3 Å². The first-order valence-corrected chi connectivity index (χ1v) is 7.85. The summed E-state index contributed by atoms with van der Waals surface area (Å²) in [6, 6.07) is 13.2. The third-order valence-corrected chi connectivity index (χ3v) is 3.47. The van der Waals surface area contributed by atoms with Gasteiger partial charge in [-0.15, -0.1) is 0 Å². The zero-order valence-corrected chi connectivity index (χ0v) is 14.3. The molecule has 0 saturated heterocycles. The van der Waals surface area contributed by atoms with E-state index >= 15 is 0 Å². The van der Waals surface area contributed by atoms with E-state index in [0.717, 1.165) is 5.56 Å². The lowest BCUT2D eigenvalue weighted by Crippen LogP contribution is -2.36. The zero-order chi connectivity index (χ0) is 19.9. The number of hydrogen-bond donors (Lipinski definition) is 2. The van der Waals surface area contributed by atoms with Crippen molar-refractivity contribution in [2.75, 3.05) is 12.4 Å². The van der Waals surface area contributed by atoms with Crippen LogP contribution in [-0.2, 0) is 16.1 Å². The van der Waals surface area contributed by atoms with E-state index in [1.807, 2.05) is 0 Å². The van der Waals surface area contributed by atoms with Gasteiger partial charge in [-0.1, -0.05) is 24.3 Å². The quantitative estimate of drug-likeness (QED) is 0.756. The van der Waals surface area contributed by atoms with Crippen LogP contribution in [0.3, 0.4) is 0 Å². The van der Waals surface area contributed by atoms with Gasteiger partial charge in [-0.2, -0.15) is 13.2 Å². The van der Waals surface area contributed by atoms with E-state index < -0.39 is 12.1 Å². The Morgan fingerprint density at radius 1 is 1.04 bits per heavy atom. The molecule has 0 saturated carbocycles. The Kier molecular flexibility index (Phi) is 6.59. The zero-order valence-electron chi connectivity index (χ0n) is 14.3. The number of benzene rings is 2. The molecule has 0 aromatic heterocycles. The van der Waals surface area contributed by atoms with Gasteiger partial charge in [-0.05, 0) is 41.5 Å². The highest BCUT2D eigenvalue weighted by Crippen LogP contribution is 2.15. The number of amides is 2. The number of anilines is 1. The Morgan fingerprint density at radius 2 is 1.67 bits per heavy atom. The van der Waals surface area contributed by atoms with Crippen LogP contribution in [0.5, 0.6) is 5.75 Å². The van der Waals surface area contributed by atoms with Gasteiger partial charge in [0.1, 0.15) is 5.75 Å². The summed E-state index contributed by atoms with van der Waals surface area (Å²) < 4.78 is 41.4. The first-order valence-electron chi connectivity index (χ1n) is 7.85. The fourth-order valence-electron chi connectivity index (χ4n) is 2.06. The van der Waals surface area contributed by atoms with Crippen molar-refractivity contribution in [3.8, 4) is 5.75 Å². The molecule has 0 radical (unpaired) electrons. The van der Waals surface area contributed by atoms with Gasteiger partial charge in [-0.25, -0.2) is 0 Å². The smallest absolute Gasteiger partial charge is 0.471 e. The van der Waals surface area contributed by atoms with Gasteiger partial charge in [0.15, 0.2) is 0 Å². The number of carbonyl (C=O) groups excluding carboxylic acids is 2. The van der Waals surface area contributed by atoms with Crippen LogP contribution in [0.2, 0.25) is 0 Å². The predicted molar refractivity (Wildman–Crippen MR) is 95.0 cm³/mol. The number of carbonyl (C=O) groups is 2. The van der Waals surface area contributed by atoms with Gasteiger partial charge in [-0.3, -0.25) is 9.59 Å². The van der Waals surface area contributed by atoms with Gasteiger partial charge in [0.05, 0.1) is 7.11 Å². The van der Waals surface area contributed by atoms with E-state index in [0.29, 0.717) is 17.0 Å². The molecule has 8 heteroatoms. The first kappa shape index (κ1) is 20.0. The van der Waals surface area contributed by atoms with E-state index in [2.05, 4.69) is 5.32 Å². The summed E-state index contributed by atoms with van der Waals surface area (Å²) >= 11 is 0. The van der Waals surface area contributed by atoms with Crippen LogP contribution < -0.4 is 15.4 Å². The van der Waals surface area contributed by atoms with Crippen molar-refractivity contribution in [2.24, 2.45) is 0 Å². The number of methoxy groups -OCH3 is 1. The Hall–Kier alpha value is -3.29. The average Bonchev–Trinajstić information content (AvgIpc) is 2.65. The molecule has 0 aliphatic rings. The Labute approximate surface area is 153 Å². The molecule has 2 amide bonds. The molecule has 0 aliphatic carbocycles. The summed E-state index contributed by atoms with van der Waals surface area (Å²) in [5, 5.41) is 4.41. The van der Waals surface area contributed by atoms with Crippen molar-refractivity contribution in [1.29, 1.82) is 0 Å². The molecule has 0 unspecified atom stereocenters. The second-order valence-corrected chi connectivity index (χ2v) is 5.47. The van der Waals surface area contributed by atoms with E-state index in [4.69, 9.17) is 4.74 Å². The van der Waals surface area contributed by atoms with Crippen LogP contribution >= 0.6 is 0 Å². The molecule has 142 valence electrons. The van der Waals surface area contributed by atoms with Crippen LogP contribution in [0, 0.1) is 0 Å². The lowest BCUT2D eigenvalue weighted by molar-refractivity contribution is -0.173. The summed E-state index contributed by atoms with van der Waals surface area (Å²) in [7, 11) is 1.56. The highest BCUT2D eigenvalue weighted by atomic mass is 19.4. The molecule has 2 aromatic carbocycles. The normalized spacial score (nSPS) is 11.3. The molecule has 0 atom stereocenters. The highest BCUT2D eigenvalue weighted by molar-refractivity contribution is 6.01. The summed E-state index contributed by atoms with van der Waals surface area (Å²) in [5.41, 5.74) is 1.77. The van der Waals surface area contributed by atoms with Crippen molar-refractivity contribution in [1.82, 2.24) is 5.32 Å².